The van der Waals surface area contributed by atoms with Gasteiger partial charge in [0, 0.05) is 43.9 Å². The number of para-hydroxylation sites is 4. The number of hydrogen-bond acceptors (Lipinski definition) is 4. The average molecular weight is 648 g/mol. The molecule has 0 saturated heterocycles. The van der Waals surface area contributed by atoms with E-state index in [1.54, 1.807) is 28.8 Å². The standard InChI is InChI=1S/C45H28N4O/c1-3-13-29(14-4-1)30-25-27-31(28-26-30)43-46-44(36-20-12-24-40-41(36)35-18-8-10-23-39(35)50-40)48-45(47-43)37-21-11-19-34-33-17-7-9-22-38(33)49(42(34)37)32-15-5-2-6-16-32/h1-28H/i7D,9D,11D,17D,19D,21D,22D. The van der Waals surface area contributed by atoms with Crippen LogP contribution in [0.15, 0.2) is 174 Å². The van der Waals surface area contributed by atoms with Gasteiger partial charge in [-0.05, 0) is 47.5 Å². The van der Waals surface area contributed by atoms with Gasteiger partial charge < -0.3 is 8.98 Å². The number of hydrogen-bond donors (Lipinski definition) is 0. The van der Waals surface area contributed by atoms with E-state index in [2.05, 4.69) is 0 Å². The Bertz CT molecular complexity index is 3260. The number of benzene rings is 7. The Kier molecular flexibility index (Phi) is 4.99. The zero-order valence-electron chi connectivity index (χ0n) is 33.3. The number of furan rings is 1. The van der Waals surface area contributed by atoms with Crippen LogP contribution in [0, 0.1) is 0 Å². The van der Waals surface area contributed by atoms with Gasteiger partial charge in [-0.1, -0.05) is 133 Å². The van der Waals surface area contributed by atoms with Crippen LogP contribution in [0.25, 0.3) is 94.7 Å². The van der Waals surface area contributed by atoms with E-state index in [1.165, 1.54) is 0 Å². The third-order valence-electron chi connectivity index (χ3n) is 8.98. The summed E-state index contributed by atoms with van der Waals surface area (Å²) in [5.74, 6) is 0.602. The third-order valence-corrected chi connectivity index (χ3v) is 8.98. The highest BCUT2D eigenvalue weighted by Gasteiger charge is 2.21. The predicted molar refractivity (Wildman–Crippen MR) is 203 cm³/mol. The Morgan fingerprint density at radius 3 is 1.94 bits per heavy atom. The molecule has 0 aliphatic heterocycles. The van der Waals surface area contributed by atoms with Crippen LogP contribution in [0.4, 0.5) is 0 Å². The Morgan fingerprint density at radius 1 is 0.460 bits per heavy atom. The van der Waals surface area contributed by atoms with E-state index in [0.29, 0.717) is 33.8 Å². The first kappa shape index (κ1) is 21.9. The van der Waals surface area contributed by atoms with Crippen LogP contribution < -0.4 is 0 Å². The van der Waals surface area contributed by atoms with E-state index >= 15 is 0 Å². The molecule has 5 nitrogen and oxygen atoms in total. The number of aromatic nitrogens is 4. The fraction of sp³-hybridized carbons (Fsp3) is 0. The molecular formula is C45H28N4O. The van der Waals surface area contributed by atoms with Crippen LogP contribution in [0.3, 0.4) is 0 Å². The van der Waals surface area contributed by atoms with Crippen LogP contribution in [0.5, 0.6) is 0 Å². The smallest absolute Gasteiger partial charge is 0.166 e. The summed E-state index contributed by atoms with van der Waals surface area (Å²) in [6.45, 7) is 0. The molecule has 50 heavy (non-hydrogen) atoms. The van der Waals surface area contributed by atoms with Crippen molar-refractivity contribution in [3.63, 3.8) is 0 Å². The molecule has 0 aliphatic carbocycles. The normalized spacial score (nSPS) is 13.6. The maximum atomic E-state index is 9.46. The van der Waals surface area contributed by atoms with Crippen molar-refractivity contribution < 1.29 is 14.0 Å². The van der Waals surface area contributed by atoms with Crippen LogP contribution in [0.1, 0.15) is 9.60 Å². The predicted octanol–water partition coefficient (Wildman–Crippen LogP) is 11.5. The minimum Gasteiger partial charge on any atom is -0.456 e. The fourth-order valence-electron chi connectivity index (χ4n) is 6.71. The van der Waals surface area contributed by atoms with Gasteiger partial charge in [0.05, 0.1) is 20.6 Å². The van der Waals surface area contributed by atoms with Crippen LogP contribution in [-0.2, 0) is 0 Å². The topological polar surface area (TPSA) is 56.7 Å². The molecule has 0 amide bonds. The first-order valence-electron chi connectivity index (χ1n) is 19.6. The Labute approximate surface area is 297 Å². The van der Waals surface area contributed by atoms with E-state index < -0.39 is 18.1 Å². The molecule has 0 spiro atoms. The summed E-state index contributed by atoms with van der Waals surface area (Å²) in [4.78, 5) is 15.1. The van der Waals surface area contributed by atoms with Crippen LogP contribution in [-0.4, -0.2) is 19.5 Å². The molecular weight excluding hydrogens is 613 g/mol. The van der Waals surface area contributed by atoms with Crippen molar-refractivity contribution in [2.45, 2.75) is 0 Å². The lowest BCUT2D eigenvalue weighted by molar-refractivity contribution is 0.669. The Morgan fingerprint density at radius 2 is 1.10 bits per heavy atom. The van der Waals surface area contributed by atoms with Crippen molar-refractivity contribution in [3.05, 3.63) is 170 Å². The van der Waals surface area contributed by atoms with E-state index in [1.807, 2.05) is 103 Å². The minimum atomic E-state index is -0.467. The molecule has 0 bridgehead atoms. The van der Waals surface area contributed by atoms with Crippen molar-refractivity contribution in [2.75, 3.05) is 0 Å². The van der Waals surface area contributed by atoms with E-state index in [9.17, 15) is 2.74 Å². The fourth-order valence-corrected chi connectivity index (χ4v) is 6.71. The lowest BCUT2D eigenvalue weighted by Gasteiger charge is -2.13. The van der Waals surface area contributed by atoms with Crippen molar-refractivity contribution in [1.29, 1.82) is 0 Å². The quantitative estimate of drug-likeness (QED) is 0.186. The second-order valence-corrected chi connectivity index (χ2v) is 11.9. The average Bonchev–Trinajstić information content (AvgIpc) is 3.82. The minimum absolute atomic E-state index is 0.0330. The second-order valence-electron chi connectivity index (χ2n) is 11.9. The van der Waals surface area contributed by atoms with Crippen molar-refractivity contribution in [1.82, 2.24) is 19.5 Å². The van der Waals surface area contributed by atoms with Crippen LogP contribution >= 0.6 is 0 Å². The Balaban J connectivity index is 1.34. The number of fused-ring (bicyclic) bond motifs is 6. The third kappa shape index (κ3) is 4.52. The molecule has 10 aromatic rings. The maximum absolute atomic E-state index is 9.46. The molecule has 3 aromatic heterocycles. The first-order valence-corrected chi connectivity index (χ1v) is 16.1. The molecule has 0 radical (unpaired) electrons. The zero-order chi connectivity index (χ0) is 39.1. The van der Waals surface area contributed by atoms with E-state index in [0.717, 1.165) is 21.9 Å². The molecule has 0 aliphatic rings. The van der Waals surface area contributed by atoms with Gasteiger partial charge in [-0.25, -0.2) is 15.0 Å². The highest BCUT2D eigenvalue weighted by Crippen LogP contribution is 2.40. The summed E-state index contributed by atoms with van der Waals surface area (Å²) in [6.07, 6.45) is 0. The van der Waals surface area contributed by atoms with E-state index in [4.69, 9.17) is 26.2 Å². The maximum Gasteiger partial charge on any atom is 0.166 e. The van der Waals surface area contributed by atoms with Gasteiger partial charge in [-0.3, -0.25) is 0 Å². The van der Waals surface area contributed by atoms with Crippen molar-refractivity contribution in [2.24, 2.45) is 0 Å². The first-order chi connectivity index (χ1) is 27.7. The monoisotopic (exact) mass is 647 g/mol. The van der Waals surface area contributed by atoms with Gasteiger partial charge in [0.15, 0.2) is 17.5 Å². The molecule has 234 valence electrons. The summed E-state index contributed by atoms with van der Waals surface area (Å²) in [6, 6.07) is 37.5. The molecule has 3 heterocycles. The van der Waals surface area contributed by atoms with Crippen molar-refractivity contribution >= 4 is 43.7 Å². The van der Waals surface area contributed by atoms with Gasteiger partial charge in [-0.2, -0.15) is 0 Å². The van der Waals surface area contributed by atoms with Gasteiger partial charge >= 0.3 is 0 Å². The van der Waals surface area contributed by atoms with Gasteiger partial charge in [0.2, 0.25) is 0 Å². The molecule has 0 saturated carbocycles. The number of nitrogens with zero attached hydrogens (tertiary/aromatic N) is 4. The van der Waals surface area contributed by atoms with E-state index in [-0.39, 0.29) is 63.2 Å². The molecule has 0 atom stereocenters. The highest BCUT2D eigenvalue weighted by atomic mass is 16.3. The summed E-state index contributed by atoms with van der Waals surface area (Å²) in [7, 11) is 0. The van der Waals surface area contributed by atoms with Gasteiger partial charge in [0.25, 0.3) is 0 Å². The van der Waals surface area contributed by atoms with Crippen molar-refractivity contribution in [3.8, 4) is 51.0 Å². The molecule has 10 rings (SSSR count). The molecule has 5 heteroatoms. The molecule has 0 N–H and O–H groups in total. The largest absolute Gasteiger partial charge is 0.456 e. The summed E-state index contributed by atoms with van der Waals surface area (Å²) >= 11 is 0. The highest BCUT2D eigenvalue weighted by molar-refractivity contribution is 6.14. The lowest BCUT2D eigenvalue weighted by Crippen LogP contribution is -2.02. The molecule has 0 unspecified atom stereocenters. The zero-order valence-corrected chi connectivity index (χ0v) is 26.3. The SMILES string of the molecule is [2H]c1c([2H])c([2H])c2c(c1[2H])c1c([2H])c([2H])c([2H])c(-c3nc(-c4ccc(-c5ccccc5)cc4)nc(-c4cccc5oc6ccccc6c45)n3)c1n2-c1ccccc1. The number of rotatable bonds is 5. The van der Waals surface area contributed by atoms with Gasteiger partial charge in [-0.15, -0.1) is 0 Å². The Hall–Kier alpha value is -6.85. The lowest BCUT2D eigenvalue weighted by atomic mass is 10.0. The van der Waals surface area contributed by atoms with Gasteiger partial charge in [0.1, 0.15) is 11.2 Å². The summed E-state index contributed by atoms with van der Waals surface area (Å²) < 4.78 is 70.9. The van der Waals surface area contributed by atoms with Crippen LogP contribution in [0.2, 0.25) is 0 Å². The summed E-state index contributed by atoms with van der Waals surface area (Å²) in [5.41, 5.74) is 5.62. The summed E-state index contributed by atoms with van der Waals surface area (Å²) in [5, 5.41) is 1.81. The molecule has 0 fully saturated rings. The second kappa shape index (κ2) is 11.4. The molecule has 7 aromatic carbocycles.